The van der Waals surface area contributed by atoms with Gasteiger partial charge < -0.3 is 4.90 Å². The van der Waals surface area contributed by atoms with Gasteiger partial charge in [-0.05, 0) is 31.5 Å². The molecular weight excluding hydrogens is 354 g/mol. The van der Waals surface area contributed by atoms with Crippen LogP contribution in [0.5, 0.6) is 0 Å². The largest absolute Gasteiger partial charge is 0.324 e. The number of anilines is 1. The fourth-order valence-corrected chi connectivity index (χ4v) is 4.29. The lowest BCUT2D eigenvalue weighted by Crippen LogP contribution is -2.54. The first-order valence-electron chi connectivity index (χ1n) is 9.60. The predicted octanol–water partition coefficient (Wildman–Crippen LogP) is 2.34. The minimum absolute atomic E-state index is 0.118. The van der Waals surface area contributed by atoms with Gasteiger partial charge >= 0.3 is 6.03 Å². The van der Waals surface area contributed by atoms with Gasteiger partial charge in [0.1, 0.15) is 0 Å². The Bertz CT molecular complexity index is 1030. The van der Waals surface area contributed by atoms with Crippen molar-refractivity contribution >= 4 is 22.9 Å². The number of hydrogen-bond acceptors (Lipinski definition) is 5. The topological polar surface area (TPSA) is 79.2 Å². The minimum atomic E-state index is -0.118. The van der Waals surface area contributed by atoms with Crippen molar-refractivity contribution in [2.24, 2.45) is 7.05 Å². The molecule has 2 atom stereocenters. The maximum atomic E-state index is 12.7. The molecule has 0 radical (unpaired) electrons. The zero-order chi connectivity index (χ0) is 19.3. The highest BCUT2D eigenvalue weighted by atomic mass is 16.2. The normalized spacial score (nSPS) is 22.0. The van der Waals surface area contributed by atoms with Gasteiger partial charge in [0, 0.05) is 55.6 Å². The molecule has 8 nitrogen and oxygen atoms in total. The Labute approximate surface area is 163 Å². The number of urea groups is 1. The number of aryl methyl sites for hydroxylation is 1. The van der Waals surface area contributed by atoms with Crippen molar-refractivity contribution in [2.45, 2.75) is 24.9 Å². The van der Waals surface area contributed by atoms with E-state index in [1.54, 1.807) is 10.9 Å². The molecule has 2 aromatic heterocycles. The number of nitrogens with one attached hydrogen (secondary N) is 1. The molecule has 1 aromatic carbocycles. The second-order valence-corrected chi connectivity index (χ2v) is 7.76. The molecule has 2 amide bonds. The van der Waals surface area contributed by atoms with Gasteiger partial charge in [0.05, 0.1) is 11.7 Å². The molecule has 0 aliphatic carbocycles. The first-order chi connectivity index (χ1) is 13.6. The van der Waals surface area contributed by atoms with Gasteiger partial charge in [0.15, 0.2) is 0 Å². The standard InChI is InChI=1S/C20H23N7O/c1-25-10-15(9-22-25)13-3-4-14-8-21-19(23-18(14)7-13)24-20(28)27-11-16-5-6-17(12-27)26(16)2/h3-4,7-10,16-17H,5-6,11-12H2,1-2H3,(H,21,23,24,28). The SMILES string of the molecule is CN1C2CCC1CN(C(=O)Nc1ncc3ccc(-c4cnn(C)c4)cc3n1)C2. The Balaban J connectivity index is 1.36. The van der Waals surface area contributed by atoms with Gasteiger partial charge in [-0.3, -0.25) is 14.9 Å². The number of carbonyl (C=O) groups excluding carboxylic acids is 1. The van der Waals surface area contributed by atoms with Crippen molar-refractivity contribution in [3.63, 3.8) is 0 Å². The molecule has 8 heteroatoms. The van der Waals surface area contributed by atoms with Crippen LogP contribution in [0, 0.1) is 0 Å². The van der Waals surface area contributed by atoms with E-state index in [0.29, 0.717) is 18.0 Å². The fourth-order valence-electron chi connectivity index (χ4n) is 4.29. The molecule has 3 aromatic rings. The molecule has 2 aliphatic heterocycles. The van der Waals surface area contributed by atoms with Gasteiger partial charge in [0.25, 0.3) is 0 Å². The summed E-state index contributed by atoms with van der Waals surface area (Å²) in [6, 6.07) is 6.82. The zero-order valence-electron chi connectivity index (χ0n) is 16.0. The smallest absolute Gasteiger partial charge is 0.321 e. The molecule has 5 rings (SSSR count). The van der Waals surface area contributed by atoms with Crippen LogP contribution in [0.2, 0.25) is 0 Å². The molecule has 1 N–H and O–H groups in total. The highest BCUT2D eigenvalue weighted by Gasteiger charge is 2.39. The second kappa shape index (κ2) is 6.56. The number of aromatic nitrogens is 4. The van der Waals surface area contributed by atoms with E-state index in [1.807, 2.05) is 42.5 Å². The molecular formula is C20H23N7O. The number of benzene rings is 1. The average Bonchev–Trinajstić information content (AvgIpc) is 3.19. The highest BCUT2D eigenvalue weighted by Crippen LogP contribution is 2.28. The van der Waals surface area contributed by atoms with E-state index in [1.165, 1.54) is 0 Å². The Morgan fingerprint density at radius 1 is 1.11 bits per heavy atom. The molecule has 2 fully saturated rings. The third kappa shape index (κ3) is 2.99. The molecule has 2 aliphatic rings. The van der Waals surface area contributed by atoms with Crippen LogP contribution < -0.4 is 5.32 Å². The van der Waals surface area contributed by atoms with Crippen molar-refractivity contribution in [2.75, 3.05) is 25.5 Å². The van der Waals surface area contributed by atoms with Crippen molar-refractivity contribution in [3.05, 3.63) is 36.8 Å². The van der Waals surface area contributed by atoms with E-state index in [0.717, 1.165) is 48.0 Å². The number of carbonyl (C=O) groups is 1. The zero-order valence-corrected chi connectivity index (χ0v) is 16.0. The number of rotatable bonds is 2. The summed E-state index contributed by atoms with van der Waals surface area (Å²) >= 11 is 0. The Hall–Kier alpha value is -3.00. The monoisotopic (exact) mass is 377 g/mol. The highest BCUT2D eigenvalue weighted by molar-refractivity contribution is 5.90. The van der Waals surface area contributed by atoms with Gasteiger partial charge in [-0.1, -0.05) is 12.1 Å². The minimum Gasteiger partial charge on any atom is -0.321 e. The summed E-state index contributed by atoms with van der Waals surface area (Å²) in [5, 5.41) is 8.04. The summed E-state index contributed by atoms with van der Waals surface area (Å²) in [6.45, 7) is 1.52. The van der Waals surface area contributed by atoms with E-state index in [-0.39, 0.29) is 6.03 Å². The molecule has 0 spiro atoms. The van der Waals surface area contributed by atoms with E-state index < -0.39 is 0 Å². The first-order valence-corrected chi connectivity index (χ1v) is 9.60. The number of amides is 2. The van der Waals surface area contributed by atoms with Gasteiger partial charge in [-0.15, -0.1) is 0 Å². The van der Waals surface area contributed by atoms with Crippen LogP contribution in [0.1, 0.15) is 12.8 Å². The summed E-state index contributed by atoms with van der Waals surface area (Å²) in [5.41, 5.74) is 2.86. The molecule has 2 bridgehead atoms. The lowest BCUT2D eigenvalue weighted by molar-refractivity contribution is 0.110. The van der Waals surface area contributed by atoms with Crippen molar-refractivity contribution in [3.8, 4) is 11.1 Å². The van der Waals surface area contributed by atoms with Gasteiger partial charge in [-0.2, -0.15) is 5.10 Å². The number of nitrogens with zero attached hydrogens (tertiary/aromatic N) is 6. The van der Waals surface area contributed by atoms with Crippen LogP contribution in [0.15, 0.2) is 36.8 Å². The van der Waals surface area contributed by atoms with Gasteiger partial charge in [-0.25, -0.2) is 14.8 Å². The quantitative estimate of drug-likeness (QED) is 0.742. The van der Waals surface area contributed by atoms with Gasteiger partial charge in [0.2, 0.25) is 5.95 Å². The summed E-state index contributed by atoms with van der Waals surface area (Å²) in [6.07, 6.45) is 7.86. The third-order valence-electron chi connectivity index (χ3n) is 5.97. The maximum Gasteiger partial charge on any atom is 0.324 e. The van der Waals surface area contributed by atoms with Crippen molar-refractivity contribution < 1.29 is 4.79 Å². The van der Waals surface area contributed by atoms with E-state index in [2.05, 4.69) is 32.3 Å². The summed E-state index contributed by atoms with van der Waals surface area (Å²) in [4.78, 5) is 25.9. The fraction of sp³-hybridized carbons (Fsp3) is 0.400. The van der Waals surface area contributed by atoms with Crippen LogP contribution >= 0.6 is 0 Å². The molecule has 28 heavy (non-hydrogen) atoms. The summed E-state index contributed by atoms with van der Waals surface area (Å²) in [5.74, 6) is 0.340. The van der Waals surface area contributed by atoms with E-state index >= 15 is 0 Å². The Morgan fingerprint density at radius 3 is 2.61 bits per heavy atom. The summed E-state index contributed by atoms with van der Waals surface area (Å²) in [7, 11) is 4.05. The molecule has 4 heterocycles. The molecule has 144 valence electrons. The Morgan fingerprint density at radius 2 is 1.89 bits per heavy atom. The predicted molar refractivity (Wildman–Crippen MR) is 107 cm³/mol. The van der Waals surface area contributed by atoms with E-state index in [4.69, 9.17) is 0 Å². The number of piperazine rings is 1. The lowest BCUT2D eigenvalue weighted by Gasteiger charge is -2.38. The number of fused-ring (bicyclic) bond motifs is 3. The van der Waals surface area contributed by atoms with E-state index in [9.17, 15) is 4.79 Å². The number of hydrogen-bond donors (Lipinski definition) is 1. The second-order valence-electron chi connectivity index (χ2n) is 7.76. The maximum absolute atomic E-state index is 12.7. The lowest BCUT2D eigenvalue weighted by atomic mass is 10.1. The van der Waals surface area contributed by atoms with Crippen LogP contribution in [0.3, 0.4) is 0 Å². The molecule has 2 saturated heterocycles. The average molecular weight is 377 g/mol. The Kier molecular flexibility index (Phi) is 4.01. The van der Waals surface area contributed by atoms with Crippen LogP contribution in [-0.4, -0.2) is 67.8 Å². The molecule has 2 unspecified atom stereocenters. The van der Waals surface area contributed by atoms with Crippen LogP contribution in [0.4, 0.5) is 10.7 Å². The number of likely N-dealkylation sites (N-methyl/N-ethyl adjacent to an activating group) is 1. The van der Waals surface area contributed by atoms with Crippen molar-refractivity contribution in [1.82, 2.24) is 29.5 Å². The number of likely N-dealkylation sites (tertiary alicyclic amines) is 1. The summed E-state index contributed by atoms with van der Waals surface area (Å²) < 4.78 is 1.77. The van der Waals surface area contributed by atoms with Crippen LogP contribution in [0.25, 0.3) is 22.0 Å². The van der Waals surface area contributed by atoms with Crippen molar-refractivity contribution in [1.29, 1.82) is 0 Å². The molecule has 0 saturated carbocycles. The third-order valence-corrected chi connectivity index (χ3v) is 5.97. The first kappa shape index (κ1) is 17.1. The van der Waals surface area contributed by atoms with Crippen LogP contribution in [-0.2, 0) is 7.05 Å².